The number of rotatable bonds is 7. The lowest BCUT2D eigenvalue weighted by atomic mass is 10.0. The summed E-state index contributed by atoms with van der Waals surface area (Å²) in [7, 11) is 0. The standard InChI is InChI=1S/C26H24F3N3O5/c1-25(2,3)37-24(35)32-20-10-9-19(36-26(27,28)29)13-21(20)31-23(34)14-22(33)17-7-4-6-16(12-17)18-8-5-11-30-15-18/h4-13,15H,14H2,1-3H3,(H,31,34)(H,32,35). The molecule has 0 aliphatic heterocycles. The van der Waals surface area contributed by atoms with Crippen molar-refractivity contribution >= 4 is 29.2 Å². The number of aromatic nitrogens is 1. The van der Waals surface area contributed by atoms with Crippen molar-refractivity contribution in [2.45, 2.75) is 39.2 Å². The van der Waals surface area contributed by atoms with E-state index < -0.39 is 41.9 Å². The van der Waals surface area contributed by atoms with Crippen LogP contribution in [0.15, 0.2) is 67.0 Å². The van der Waals surface area contributed by atoms with Crippen molar-refractivity contribution in [2.75, 3.05) is 10.6 Å². The Balaban J connectivity index is 1.78. The largest absolute Gasteiger partial charge is 0.573 e. The molecule has 0 radical (unpaired) electrons. The number of pyridine rings is 1. The predicted molar refractivity (Wildman–Crippen MR) is 130 cm³/mol. The lowest BCUT2D eigenvalue weighted by molar-refractivity contribution is -0.274. The third-order valence-corrected chi connectivity index (χ3v) is 4.63. The van der Waals surface area contributed by atoms with E-state index in [4.69, 9.17) is 4.74 Å². The fraction of sp³-hybridized carbons (Fsp3) is 0.231. The van der Waals surface area contributed by atoms with Crippen LogP contribution in [0.4, 0.5) is 29.3 Å². The Hall–Kier alpha value is -4.41. The molecule has 194 valence electrons. The first-order valence-corrected chi connectivity index (χ1v) is 11.0. The number of hydrogen-bond acceptors (Lipinski definition) is 6. The summed E-state index contributed by atoms with van der Waals surface area (Å²) in [4.78, 5) is 41.6. The average molecular weight is 515 g/mol. The minimum absolute atomic E-state index is 0.0526. The molecule has 0 unspecified atom stereocenters. The topological polar surface area (TPSA) is 107 Å². The molecule has 0 saturated carbocycles. The summed E-state index contributed by atoms with van der Waals surface area (Å²) in [6.45, 7) is 4.89. The maximum Gasteiger partial charge on any atom is 0.573 e. The van der Waals surface area contributed by atoms with Gasteiger partial charge >= 0.3 is 12.5 Å². The number of carbonyl (C=O) groups is 3. The SMILES string of the molecule is CC(C)(C)OC(=O)Nc1ccc(OC(F)(F)F)cc1NC(=O)CC(=O)c1cccc(-c2cccnc2)c1. The molecule has 0 spiro atoms. The Kier molecular flexibility index (Phi) is 8.16. The van der Waals surface area contributed by atoms with Crippen molar-refractivity contribution in [3.8, 4) is 16.9 Å². The van der Waals surface area contributed by atoms with Crippen LogP contribution in [-0.2, 0) is 9.53 Å². The summed E-state index contributed by atoms with van der Waals surface area (Å²) in [5, 5.41) is 4.73. The van der Waals surface area contributed by atoms with Gasteiger partial charge in [-0.2, -0.15) is 0 Å². The number of benzene rings is 2. The van der Waals surface area contributed by atoms with Gasteiger partial charge in [0.05, 0.1) is 17.8 Å². The van der Waals surface area contributed by atoms with Crippen molar-refractivity contribution in [2.24, 2.45) is 0 Å². The van der Waals surface area contributed by atoms with Gasteiger partial charge in [0.15, 0.2) is 5.78 Å². The zero-order valence-corrected chi connectivity index (χ0v) is 20.2. The summed E-state index contributed by atoms with van der Waals surface area (Å²) in [6.07, 6.45) is -3.23. The quantitative estimate of drug-likeness (QED) is 0.286. The monoisotopic (exact) mass is 515 g/mol. The predicted octanol–water partition coefficient (Wildman–Crippen LogP) is 6.21. The molecule has 0 saturated heterocycles. The van der Waals surface area contributed by atoms with Gasteiger partial charge in [-0.25, -0.2) is 4.79 Å². The number of amides is 2. The van der Waals surface area contributed by atoms with Gasteiger partial charge in [-0.1, -0.05) is 24.3 Å². The van der Waals surface area contributed by atoms with Gasteiger partial charge in [-0.05, 0) is 50.6 Å². The van der Waals surface area contributed by atoms with E-state index in [2.05, 4.69) is 20.4 Å². The molecule has 2 aromatic carbocycles. The first-order valence-electron chi connectivity index (χ1n) is 11.0. The van der Waals surface area contributed by atoms with Crippen molar-refractivity contribution < 1.29 is 37.0 Å². The van der Waals surface area contributed by atoms with Gasteiger partial charge in [0.2, 0.25) is 5.91 Å². The molecular weight excluding hydrogens is 491 g/mol. The van der Waals surface area contributed by atoms with Crippen molar-refractivity contribution in [3.63, 3.8) is 0 Å². The molecule has 0 bridgehead atoms. The zero-order valence-electron chi connectivity index (χ0n) is 20.2. The van der Waals surface area contributed by atoms with Crippen LogP contribution in [-0.4, -0.2) is 34.7 Å². The highest BCUT2D eigenvalue weighted by Gasteiger charge is 2.31. The molecule has 0 fully saturated rings. The summed E-state index contributed by atoms with van der Waals surface area (Å²) in [6, 6.07) is 13.1. The van der Waals surface area contributed by atoms with Crippen LogP contribution in [0.3, 0.4) is 0 Å². The maximum absolute atomic E-state index is 12.8. The number of ketones is 1. The van der Waals surface area contributed by atoms with Crippen molar-refractivity contribution in [1.82, 2.24) is 4.98 Å². The Labute approximate surface area is 210 Å². The van der Waals surface area contributed by atoms with Crippen LogP contribution in [0, 0.1) is 0 Å². The number of Topliss-reactive ketones (excluding diaryl/α,β-unsaturated/α-hetero) is 1. The molecule has 2 amide bonds. The fourth-order valence-electron chi connectivity index (χ4n) is 3.19. The van der Waals surface area contributed by atoms with E-state index in [9.17, 15) is 27.6 Å². The molecule has 2 N–H and O–H groups in total. The number of ether oxygens (including phenoxy) is 2. The fourth-order valence-corrected chi connectivity index (χ4v) is 3.19. The number of halogens is 3. The Morgan fingerprint density at radius 2 is 1.62 bits per heavy atom. The number of nitrogens with one attached hydrogen (secondary N) is 2. The molecule has 0 aliphatic carbocycles. The minimum Gasteiger partial charge on any atom is -0.444 e. The van der Waals surface area contributed by atoms with Crippen LogP contribution in [0.1, 0.15) is 37.6 Å². The first kappa shape index (κ1) is 27.2. The summed E-state index contributed by atoms with van der Waals surface area (Å²) >= 11 is 0. The molecule has 1 heterocycles. The second-order valence-corrected chi connectivity index (χ2v) is 8.85. The van der Waals surface area contributed by atoms with Gasteiger partial charge in [0.25, 0.3) is 0 Å². The van der Waals surface area contributed by atoms with Gasteiger partial charge in [-0.15, -0.1) is 13.2 Å². The summed E-state index contributed by atoms with van der Waals surface area (Å²) in [5.74, 6) is -1.96. The maximum atomic E-state index is 12.8. The second-order valence-electron chi connectivity index (χ2n) is 8.85. The van der Waals surface area contributed by atoms with E-state index in [0.29, 0.717) is 0 Å². The van der Waals surface area contributed by atoms with Crippen LogP contribution in [0.5, 0.6) is 5.75 Å². The average Bonchev–Trinajstić information content (AvgIpc) is 2.79. The van der Waals surface area contributed by atoms with Gasteiger partial charge in [-0.3, -0.25) is 19.9 Å². The van der Waals surface area contributed by atoms with Gasteiger partial charge < -0.3 is 14.8 Å². The highest BCUT2D eigenvalue weighted by atomic mass is 19.4. The lowest BCUT2D eigenvalue weighted by Gasteiger charge is -2.21. The van der Waals surface area contributed by atoms with E-state index in [1.165, 1.54) is 0 Å². The number of nitrogens with zero attached hydrogens (tertiary/aromatic N) is 1. The molecule has 8 nitrogen and oxygen atoms in total. The molecular formula is C26H24F3N3O5. The molecule has 3 aromatic rings. The van der Waals surface area contributed by atoms with Crippen LogP contribution in [0.2, 0.25) is 0 Å². The minimum atomic E-state index is -4.98. The third-order valence-electron chi connectivity index (χ3n) is 4.63. The van der Waals surface area contributed by atoms with Gasteiger partial charge in [0.1, 0.15) is 11.4 Å². The van der Waals surface area contributed by atoms with E-state index in [1.807, 2.05) is 6.07 Å². The Morgan fingerprint density at radius 3 is 2.27 bits per heavy atom. The lowest BCUT2D eigenvalue weighted by Crippen LogP contribution is -2.27. The summed E-state index contributed by atoms with van der Waals surface area (Å²) < 4.78 is 47.2. The van der Waals surface area contributed by atoms with Crippen LogP contribution < -0.4 is 15.4 Å². The molecule has 3 rings (SSSR count). The van der Waals surface area contributed by atoms with E-state index in [0.717, 1.165) is 29.3 Å². The number of carbonyl (C=O) groups excluding carboxylic acids is 3. The smallest absolute Gasteiger partial charge is 0.444 e. The van der Waals surface area contributed by atoms with Crippen molar-refractivity contribution in [1.29, 1.82) is 0 Å². The van der Waals surface area contributed by atoms with E-state index in [1.54, 1.807) is 63.5 Å². The van der Waals surface area contributed by atoms with E-state index >= 15 is 0 Å². The van der Waals surface area contributed by atoms with Crippen LogP contribution >= 0.6 is 0 Å². The third kappa shape index (κ3) is 8.64. The Bertz CT molecular complexity index is 1290. The second kappa shape index (κ2) is 11.1. The number of alkyl halides is 3. The molecule has 37 heavy (non-hydrogen) atoms. The zero-order chi connectivity index (χ0) is 27.2. The van der Waals surface area contributed by atoms with Gasteiger partial charge in [0, 0.05) is 29.6 Å². The number of anilines is 2. The van der Waals surface area contributed by atoms with Crippen molar-refractivity contribution in [3.05, 3.63) is 72.6 Å². The Morgan fingerprint density at radius 1 is 0.892 bits per heavy atom. The molecule has 0 aliphatic rings. The number of hydrogen-bond donors (Lipinski definition) is 2. The van der Waals surface area contributed by atoms with Crippen LogP contribution in [0.25, 0.3) is 11.1 Å². The van der Waals surface area contributed by atoms with E-state index in [-0.39, 0.29) is 16.9 Å². The first-order chi connectivity index (χ1) is 17.3. The highest BCUT2D eigenvalue weighted by Crippen LogP contribution is 2.31. The molecule has 0 atom stereocenters. The molecule has 1 aromatic heterocycles. The summed E-state index contributed by atoms with van der Waals surface area (Å²) in [5.41, 5.74) is 0.653. The normalized spacial score (nSPS) is 11.4. The highest BCUT2D eigenvalue weighted by molar-refractivity contribution is 6.12. The molecule has 11 heteroatoms.